The summed E-state index contributed by atoms with van der Waals surface area (Å²) in [5.74, 6) is 0. The van der Waals surface area contributed by atoms with E-state index < -0.39 is 0 Å². The highest BCUT2D eigenvalue weighted by atomic mass is 15.2. The molecule has 1 atom stereocenters. The average molecular weight is 244 g/mol. The van der Waals surface area contributed by atoms with Gasteiger partial charge in [0.15, 0.2) is 0 Å². The summed E-state index contributed by atoms with van der Waals surface area (Å²) >= 11 is 0. The fourth-order valence-electron chi connectivity index (χ4n) is 3.32. The van der Waals surface area contributed by atoms with E-state index in [0.29, 0.717) is 6.04 Å². The van der Waals surface area contributed by atoms with Crippen LogP contribution in [0, 0.1) is 0 Å². The maximum Gasteiger partial charge on any atom is 0.0343 e. The first-order valence-electron chi connectivity index (χ1n) is 7.39. The minimum absolute atomic E-state index is 0.715. The Morgan fingerprint density at radius 2 is 2.06 bits per heavy atom. The van der Waals surface area contributed by atoms with Crippen LogP contribution in [0.3, 0.4) is 0 Å². The molecule has 0 bridgehead atoms. The Hall–Kier alpha value is -1.02. The van der Waals surface area contributed by atoms with Crippen molar-refractivity contribution in [1.82, 2.24) is 4.90 Å². The molecule has 1 aromatic carbocycles. The summed E-state index contributed by atoms with van der Waals surface area (Å²) in [6.07, 6.45) is 7.99. The highest BCUT2D eigenvalue weighted by Crippen LogP contribution is 2.25. The van der Waals surface area contributed by atoms with Crippen LogP contribution >= 0.6 is 0 Å². The minimum atomic E-state index is 0.715. The summed E-state index contributed by atoms with van der Waals surface area (Å²) in [5, 5.41) is 3.63. The molecule has 98 valence electrons. The van der Waals surface area contributed by atoms with E-state index in [1.807, 2.05) is 0 Å². The quantitative estimate of drug-likeness (QED) is 0.879. The topological polar surface area (TPSA) is 15.3 Å². The smallest absolute Gasteiger partial charge is 0.0343 e. The number of likely N-dealkylation sites (tertiary alicyclic amines) is 1. The number of fused-ring (bicyclic) bond motifs is 1. The molecule has 1 saturated heterocycles. The molecule has 3 rings (SSSR count). The van der Waals surface area contributed by atoms with Crippen molar-refractivity contribution in [1.29, 1.82) is 0 Å². The molecule has 2 aliphatic rings. The molecule has 0 aromatic heterocycles. The normalized spacial score (nSPS) is 23.9. The van der Waals surface area contributed by atoms with Crippen LogP contribution in [0.5, 0.6) is 0 Å². The van der Waals surface area contributed by atoms with Gasteiger partial charge in [-0.15, -0.1) is 0 Å². The minimum Gasteiger partial charge on any atom is -0.383 e. The van der Waals surface area contributed by atoms with E-state index in [1.165, 1.54) is 50.8 Å². The molecule has 0 saturated carbocycles. The van der Waals surface area contributed by atoms with E-state index in [1.54, 1.807) is 11.1 Å². The summed E-state index contributed by atoms with van der Waals surface area (Å²) in [5.41, 5.74) is 4.45. The summed E-state index contributed by atoms with van der Waals surface area (Å²) in [6, 6.07) is 7.65. The van der Waals surface area contributed by atoms with Crippen LogP contribution in [0.4, 0.5) is 5.69 Å². The van der Waals surface area contributed by atoms with Gasteiger partial charge in [-0.2, -0.15) is 0 Å². The van der Waals surface area contributed by atoms with Gasteiger partial charge in [-0.25, -0.2) is 0 Å². The zero-order valence-corrected chi connectivity index (χ0v) is 11.4. The Balaban J connectivity index is 1.59. The van der Waals surface area contributed by atoms with Crippen molar-refractivity contribution in [3.05, 3.63) is 29.3 Å². The first-order chi connectivity index (χ1) is 8.83. The van der Waals surface area contributed by atoms with E-state index in [9.17, 15) is 0 Å². The van der Waals surface area contributed by atoms with Crippen LogP contribution in [0.1, 0.15) is 36.8 Å². The molecule has 1 N–H and O–H groups in total. The lowest BCUT2D eigenvalue weighted by molar-refractivity contribution is 0.194. The molecule has 2 nitrogen and oxygen atoms in total. The maximum atomic E-state index is 3.63. The molecule has 0 spiro atoms. The predicted octanol–water partition coefficient (Wildman–Crippen LogP) is 3.07. The Labute approximate surface area is 110 Å². The molecule has 1 heterocycles. The number of nitrogens with zero attached hydrogens (tertiary/aromatic N) is 1. The van der Waals surface area contributed by atoms with Crippen molar-refractivity contribution < 1.29 is 0 Å². The monoisotopic (exact) mass is 244 g/mol. The third-order valence-electron chi connectivity index (χ3n) is 4.56. The number of likely N-dealkylation sites (N-methyl/N-ethyl adjacent to an activating group) is 1. The third-order valence-corrected chi connectivity index (χ3v) is 4.56. The van der Waals surface area contributed by atoms with Crippen LogP contribution in [-0.4, -0.2) is 31.1 Å². The van der Waals surface area contributed by atoms with Gasteiger partial charge in [0.25, 0.3) is 0 Å². The average Bonchev–Trinajstić information content (AvgIpc) is 2.85. The van der Waals surface area contributed by atoms with Crippen molar-refractivity contribution in [2.45, 2.75) is 44.6 Å². The summed E-state index contributed by atoms with van der Waals surface area (Å²) < 4.78 is 0. The second-order valence-corrected chi connectivity index (χ2v) is 5.85. The first-order valence-corrected chi connectivity index (χ1v) is 7.39. The molecule has 1 fully saturated rings. The summed E-state index contributed by atoms with van der Waals surface area (Å²) in [7, 11) is 2.26. The largest absolute Gasteiger partial charge is 0.383 e. The molecule has 1 aliphatic carbocycles. The second-order valence-electron chi connectivity index (χ2n) is 5.85. The molecule has 1 aromatic rings. The zero-order chi connectivity index (χ0) is 12.4. The van der Waals surface area contributed by atoms with Gasteiger partial charge in [0.2, 0.25) is 0 Å². The van der Waals surface area contributed by atoms with Crippen molar-refractivity contribution in [3.8, 4) is 0 Å². The SMILES string of the molecule is CN1CCCCC1CNc1ccc2c(c1)CCC2. The molecular weight excluding hydrogens is 220 g/mol. The summed E-state index contributed by atoms with van der Waals surface area (Å²) in [6.45, 7) is 2.35. The van der Waals surface area contributed by atoms with Gasteiger partial charge >= 0.3 is 0 Å². The molecule has 0 radical (unpaired) electrons. The number of hydrogen-bond donors (Lipinski definition) is 1. The van der Waals surface area contributed by atoms with Gasteiger partial charge in [0, 0.05) is 18.3 Å². The van der Waals surface area contributed by atoms with Gasteiger partial charge in [0.05, 0.1) is 0 Å². The predicted molar refractivity (Wildman–Crippen MR) is 77.2 cm³/mol. The standard InChI is InChI=1S/C16H24N2/c1-18-10-3-2-7-16(18)12-17-15-9-8-13-5-4-6-14(13)11-15/h8-9,11,16-17H,2-7,10,12H2,1H3. The molecule has 18 heavy (non-hydrogen) atoms. The van der Waals surface area contributed by atoms with E-state index in [-0.39, 0.29) is 0 Å². The van der Waals surface area contributed by atoms with Crippen LogP contribution in [-0.2, 0) is 12.8 Å². The van der Waals surface area contributed by atoms with E-state index >= 15 is 0 Å². The van der Waals surface area contributed by atoms with Gasteiger partial charge in [-0.1, -0.05) is 12.5 Å². The highest BCUT2D eigenvalue weighted by Gasteiger charge is 2.18. The Kier molecular flexibility index (Phi) is 3.55. The van der Waals surface area contributed by atoms with Gasteiger partial charge < -0.3 is 10.2 Å². The lowest BCUT2D eigenvalue weighted by Gasteiger charge is -2.32. The lowest BCUT2D eigenvalue weighted by Crippen LogP contribution is -2.40. The van der Waals surface area contributed by atoms with Crippen molar-refractivity contribution >= 4 is 5.69 Å². The number of nitrogens with one attached hydrogen (secondary N) is 1. The lowest BCUT2D eigenvalue weighted by atomic mass is 10.0. The zero-order valence-electron chi connectivity index (χ0n) is 11.4. The highest BCUT2D eigenvalue weighted by molar-refractivity contribution is 5.50. The van der Waals surface area contributed by atoms with E-state index in [4.69, 9.17) is 0 Å². The number of anilines is 1. The van der Waals surface area contributed by atoms with Gasteiger partial charge in [0.1, 0.15) is 0 Å². The van der Waals surface area contributed by atoms with Gasteiger partial charge in [-0.3, -0.25) is 0 Å². The molecule has 1 aliphatic heterocycles. The Morgan fingerprint density at radius 1 is 1.17 bits per heavy atom. The second kappa shape index (κ2) is 5.31. The van der Waals surface area contributed by atoms with Crippen LogP contribution in [0.2, 0.25) is 0 Å². The molecular formula is C16H24N2. The van der Waals surface area contributed by atoms with Crippen molar-refractivity contribution in [2.75, 3.05) is 25.5 Å². The fourth-order valence-corrected chi connectivity index (χ4v) is 3.32. The third kappa shape index (κ3) is 2.54. The molecule has 0 amide bonds. The molecule has 2 heteroatoms. The molecule has 1 unspecified atom stereocenters. The van der Waals surface area contributed by atoms with Crippen LogP contribution < -0.4 is 5.32 Å². The number of piperidine rings is 1. The number of aryl methyl sites for hydroxylation is 2. The van der Waals surface area contributed by atoms with Gasteiger partial charge in [-0.05, 0) is 69.0 Å². The summed E-state index contributed by atoms with van der Waals surface area (Å²) in [4.78, 5) is 2.50. The van der Waals surface area contributed by atoms with Crippen molar-refractivity contribution in [2.24, 2.45) is 0 Å². The number of rotatable bonds is 3. The Bertz CT molecular complexity index is 414. The fraction of sp³-hybridized carbons (Fsp3) is 0.625. The van der Waals surface area contributed by atoms with Crippen LogP contribution in [0.25, 0.3) is 0 Å². The van der Waals surface area contributed by atoms with Crippen molar-refractivity contribution in [3.63, 3.8) is 0 Å². The number of benzene rings is 1. The van der Waals surface area contributed by atoms with E-state index in [2.05, 4.69) is 35.5 Å². The van der Waals surface area contributed by atoms with Crippen LogP contribution in [0.15, 0.2) is 18.2 Å². The first kappa shape index (κ1) is 12.0. The maximum absolute atomic E-state index is 3.63. The van der Waals surface area contributed by atoms with E-state index in [0.717, 1.165) is 6.54 Å². The number of hydrogen-bond acceptors (Lipinski definition) is 2. The Morgan fingerprint density at radius 3 is 2.94 bits per heavy atom.